The molecule has 2 aromatic carbocycles. The topological polar surface area (TPSA) is 59.8 Å². The third-order valence-corrected chi connectivity index (χ3v) is 5.42. The molecule has 0 unspecified atom stereocenters. The number of halogens is 3. The molecule has 0 amide bonds. The first-order chi connectivity index (χ1) is 12.2. The van der Waals surface area contributed by atoms with Crippen LogP contribution in [0.4, 0.5) is 13.2 Å². The Labute approximate surface area is 150 Å². The second-order valence-electron chi connectivity index (χ2n) is 5.93. The van der Waals surface area contributed by atoms with Crippen LogP contribution in [0.25, 0.3) is 0 Å². The highest BCUT2D eigenvalue weighted by Crippen LogP contribution is 2.20. The van der Waals surface area contributed by atoms with Crippen molar-refractivity contribution in [3.05, 3.63) is 59.4 Å². The zero-order valence-corrected chi connectivity index (χ0v) is 15.3. The molecule has 0 aliphatic heterocycles. The lowest BCUT2D eigenvalue weighted by Crippen LogP contribution is -3.07. The lowest BCUT2D eigenvalue weighted by atomic mass is 10.1. The number of likely N-dealkylation sites (N-methyl/N-ethyl adjacent to an activating group) is 1. The molecule has 0 saturated carbocycles. The molecule has 0 bridgehead atoms. The Morgan fingerprint density at radius 1 is 1.04 bits per heavy atom. The minimum absolute atomic E-state index is 0.0601. The van der Waals surface area contributed by atoms with Crippen molar-refractivity contribution in [3.63, 3.8) is 0 Å². The van der Waals surface area contributed by atoms with Gasteiger partial charge in [0.15, 0.2) is 17.5 Å². The molecule has 26 heavy (non-hydrogen) atoms. The van der Waals surface area contributed by atoms with Gasteiger partial charge in [-0.2, -0.15) is 0 Å². The third kappa shape index (κ3) is 4.35. The van der Waals surface area contributed by atoms with E-state index in [2.05, 4.69) is 4.72 Å². The number of ether oxygens (including phenoxy) is 1. The lowest BCUT2D eigenvalue weighted by Gasteiger charge is -2.22. The molecule has 2 aromatic rings. The van der Waals surface area contributed by atoms with Crippen LogP contribution in [-0.4, -0.2) is 36.2 Å². The van der Waals surface area contributed by atoms with Crippen molar-refractivity contribution in [2.45, 2.75) is 10.9 Å². The van der Waals surface area contributed by atoms with Crippen LogP contribution in [0, 0.1) is 17.5 Å². The smallest absolute Gasteiger partial charge is 0.243 e. The molecule has 5 nitrogen and oxygen atoms in total. The number of hydrogen-bond donors (Lipinski definition) is 2. The number of sulfonamides is 1. The third-order valence-electron chi connectivity index (χ3n) is 3.98. The van der Waals surface area contributed by atoms with Gasteiger partial charge in [0, 0.05) is 5.56 Å². The van der Waals surface area contributed by atoms with E-state index in [4.69, 9.17) is 4.74 Å². The SMILES string of the molecule is COc1ccc([C@@H](CNS(=O)(=O)c2ccc(F)c(F)c2F)[NH+](C)C)cc1. The quantitative estimate of drug-likeness (QED) is 0.702. The first-order valence-corrected chi connectivity index (χ1v) is 9.23. The van der Waals surface area contributed by atoms with Crippen LogP contribution in [0.5, 0.6) is 5.75 Å². The van der Waals surface area contributed by atoms with E-state index >= 15 is 0 Å². The molecule has 2 N–H and O–H groups in total. The van der Waals surface area contributed by atoms with E-state index in [9.17, 15) is 21.6 Å². The van der Waals surface area contributed by atoms with Crippen LogP contribution >= 0.6 is 0 Å². The molecule has 0 aliphatic carbocycles. The minimum atomic E-state index is -4.35. The number of rotatable bonds is 7. The molecule has 1 atom stereocenters. The Bertz CT molecular complexity index is 872. The number of benzene rings is 2. The molecule has 0 radical (unpaired) electrons. The number of methoxy groups -OCH3 is 1. The first kappa shape index (κ1) is 20.2. The largest absolute Gasteiger partial charge is 0.497 e. The monoisotopic (exact) mass is 389 g/mol. The van der Waals surface area contributed by atoms with E-state index in [0.717, 1.165) is 10.5 Å². The van der Waals surface area contributed by atoms with Crippen molar-refractivity contribution < 1.29 is 31.2 Å². The Kier molecular flexibility index (Phi) is 6.27. The van der Waals surface area contributed by atoms with Crippen LogP contribution in [0.2, 0.25) is 0 Å². The Hall–Kier alpha value is -2.10. The van der Waals surface area contributed by atoms with E-state index in [-0.39, 0.29) is 12.6 Å². The predicted molar refractivity (Wildman–Crippen MR) is 90.1 cm³/mol. The second kappa shape index (κ2) is 8.07. The highest BCUT2D eigenvalue weighted by molar-refractivity contribution is 7.89. The fourth-order valence-corrected chi connectivity index (χ4v) is 3.59. The molecular weight excluding hydrogens is 369 g/mol. The van der Waals surface area contributed by atoms with Gasteiger partial charge in [-0.05, 0) is 36.4 Å². The van der Waals surface area contributed by atoms with Gasteiger partial charge < -0.3 is 9.64 Å². The fraction of sp³-hybridized carbons (Fsp3) is 0.294. The van der Waals surface area contributed by atoms with Crippen LogP contribution in [0.3, 0.4) is 0 Å². The van der Waals surface area contributed by atoms with Gasteiger partial charge in [-0.1, -0.05) is 0 Å². The van der Waals surface area contributed by atoms with Gasteiger partial charge >= 0.3 is 0 Å². The summed E-state index contributed by atoms with van der Waals surface area (Å²) in [5, 5.41) is 0. The van der Waals surface area contributed by atoms with Gasteiger partial charge in [-0.3, -0.25) is 0 Å². The maximum atomic E-state index is 13.8. The Morgan fingerprint density at radius 3 is 2.19 bits per heavy atom. The maximum absolute atomic E-state index is 13.8. The average Bonchev–Trinajstić information content (AvgIpc) is 2.59. The van der Waals surface area contributed by atoms with E-state index in [0.29, 0.717) is 17.9 Å². The van der Waals surface area contributed by atoms with Gasteiger partial charge in [0.2, 0.25) is 10.0 Å². The summed E-state index contributed by atoms with van der Waals surface area (Å²) in [5.41, 5.74) is 0.833. The molecule has 0 aromatic heterocycles. The van der Waals surface area contributed by atoms with E-state index in [1.165, 1.54) is 7.11 Å². The normalized spacial score (nSPS) is 13.0. The van der Waals surface area contributed by atoms with Gasteiger partial charge in [0.1, 0.15) is 16.7 Å². The fourth-order valence-electron chi connectivity index (χ4n) is 2.48. The van der Waals surface area contributed by atoms with Crippen molar-refractivity contribution in [1.82, 2.24) is 4.72 Å². The molecule has 0 spiro atoms. The van der Waals surface area contributed by atoms with E-state index < -0.39 is 32.4 Å². The summed E-state index contributed by atoms with van der Waals surface area (Å²) in [6, 6.07) is 8.06. The van der Waals surface area contributed by atoms with Crippen molar-refractivity contribution in [3.8, 4) is 5.75 Å². The summed E-state index contributed by atoms with van der Waals surface area (Å²) in [6.07, 6.45) is 0. The molecule has 9 heteroatoms. The Balaban J connectivity index is 2.24. The highest BCUT2D eigenvalue weighted by atomic mass is 32.2. The molecule has 0 saturated heterocycles. The van der Waals surface area contributed by atoms with Crippen LogP contribution in [0.15, 0.2) is 41.3 Å². The molecule has 2 rings (SSSR count). The summed E-state index contributed by atoms with van der Waals surface area (Å²) in [6.45, 7) is -0.0601. The van der Waals surface area contributed by atoms with Gasteiger partial charge in [0.05, 0.1) is 27.7 Å². The highest BCUT2D eigenvalue weighted by Gasteiger charge is 2.26. The van der Waals surface area contributed by atoms with Crippen molar-refractivity contribution >= 4 is 10.0 Å². The average molecular weight is 389 g/mol. The van der Waals surface area contributed by atoms with Crippen molar-refractivity contribution in [1.29, 1.82) is 0 Å². The van der Waals surface area contributed by atoms with E-state index in [1.807, 2.05) is 14.1 Å². The second-order valence-corrected chi connectivity index (χ2v) is 7.66. The summed E-state index contributed by atoms with van der Waals surface area (Å²) >= 11 is 0. The van der Waals surface area contributed by atoms with Crippen molar-refractivity contribution in [2.24, 2.45) is 0 Å². The first-order valence-electron chi connectivity index (χ1n) is 7.74. The molecule has 0 fully saturated rings. The summed E-state index contributed by atoms with van der Waals surface area (Å²) in [5.74, 6) is -4.35. The number of nitrogens with one attached hydrogen (secondary N) is 2. The van der Waals surface area contributed by atoms with Crippen LogP contribution in [-0.2, 0) is 10.0 Å². The summed E-state index contributed by atoms with van der Waals surface area (Å²) in [7, 11) is 0.856. The van der Waals surface area contributed by atoms with Crippen LogP contribution in [0.1, 0.15) is 11.6 Å². The van der Waals surface area contributed by atoms with Crippen molar-refractivity contribution in [2.75, 3.05) is 27.7 Å². The minimum Gasteiger partial charge on any atom is -0.497 e. The summed E-state index contributed by atoms with van der Waals surface area (Å²) < 4.78 is 72.1. The zero-order valence-electron chi connectivity index (χ0n) is 14.5. The molecule has 142 valence electrons. The summed E-state index contributed by atoms with van der Waals surface area (Å²) in [4.78, 5) is -0.0118. The van der Waals surface area contributed by atoms with Gasteiger partial charge in [0.25, 0.3) is 0 Å². The van der Waals surface area contributed by atoms with Gasteiger partial charge in [-0.25, -0.2) is 26.3 Å². The van der Waals surface area contributed by atoms with Gasteiger partial charge in [-0.15, -0.1) is 0 Å². The standard InChI is InChI=1S/C17H19F3N2O3S/c1-22(2)14(11-4-6-12(25-3)7-5-11)10-21-26(23,24)15-9-8-13(18)16(19)17(15)20/h4-9,14,21H,10H2,1-3H3/p+1/t14-/m1/s1. The molecule has 0 aliphatic rings. The molecule has 0 heterocycles. The predicted octanol–water partition coefficient (Wildman–Crippen LogP) is 1.28. The van der Waals surface area contributed by atoms with Crippen LogP contribution < -0.4 is 14.4 Å². The maximum Gasteiger partial charge on any atom is 0.243 e. The Morgan fingerprint density at radius 2 is 1.65 bits per heavy atom. The zero-order chi connectivity index (χ0) is 19.5. The number of hydrogen-bond acceptors (Lipinski definition) is 3. The molecular formula is C17H20F3N2O3S+. The van der Waals surface area contributed by atoms with E-state index in [1.54, 1.807) is 24.3 Å². The number of quaternary nitrogens is 1. The lowest BCUT2D eigenvalue weighted by molar-refractivity contribution is -0.890.